The summed E-state index contributed by atoms with van der Waals surface area (Å²) in [7, 11) is 2.09. The number of carbonyl (C=O) groups is 1. The first kappa shape index (κ1) is 12.9. The zero-order valence-electron chi connectivity index (χ0n) is 11.4. The molecule has 5 nitrogen and oxygen atoms in total. The van der Waals surface area contributed by atoms with Crippen LogP contribution in [0.3, 0.4) is 0 Å². The average Bonchev–Trinajstić information content (AvgIpc) is 3.10. The number of carbonyl (C=O) groups excluding carboxylic acids is 1. The first-order chi connectivity index (χ1) is 9.13. The van der Waals surface area contributed by atoms with Gasteiger partial charge in [0.15, 0.2) is 5.13 Å². The molecular formula is C13H20N4OS. The molecule has 1 saturated heterocycles. The Bertz CT molecular complexity index is 471. The second-order valence-electron chi connectivity index (χ2n) is 5.59. The van der Waals surface area contributed by atoms with E-state index in [9.17, 15) is 4.79 Å². The van der Waals surface area contributed by atoms with Crippen molar-refractivity contribution < 1.29 is 4.79 Å². The highest BCUT2D eigenvalue weighted by Gasteiger charge is 2.28. The maximum atomic E-state index is 12.2. The van der Waals surface area contributed by atoms with Crippen molar-refractivity contribution in [1.29, 1.82) is 0 Å². The molecule has 0 bridgehead atoms. The Labute approximate surface area is 117 Å². The number of anilines is 1. The molecular weight excluding hydrogens is 260 g/mol. The number of likely N-dealkylation sites (N-methyl/N-ethyl adjacent to an activating group) is 1. The summed E-state index contributed by atoms with van der Waals surface area (Å²) in [6.45, 7) is 4.73. The highest BCUT2D eigenvalue weighted by Crippen LogP contribution is 2.40. The van der Waals surface area contributed by atoms with Gasteiger partial charge in [0.2, 0.25) is 0 Å². The number of piperazine rings is 1. The normalized spacial score (nSPS) is 24.5. The van der Waals surface area contributed by atoms with Gasteiger partial charge in [-0.3, -0.25) is 5.32 Å². The Balaban J connectivity index is 1.60. The van der Waals surface area contributed by atoms with Crippen LogP contribution in [0.5, 0.6) is 0 Å². The fourth-order valence-electron chi connectivity index (χ4n) is 2.51. The second kappa shape index (κ2) is 5.09. The van der Waals surface area contributed by atoms with Gasteiger partial charge in [-0.15, -0.1) is 11.3 Å². The number of hydrogen-bond acceptors (Lipinski definition) is 4. The Kier molecular flexibility index (Phi) is 3.45. The smallest absolute Gasteiger partial charge is 0.319 e. The summed E-state index contributed by atoms with van der Waals surface area (Å²) in [6, 6.07) is 0.235. The van der Waals surface area contributed by atoms with Crippen molar-refractivity contribution in [2.75, 3.05) is 32.0 Å². The monoisotopic (exact) mass is 280 g/mol. The van der Waals surface area contributed by atoms with Gasteiger partial charge in [-0.2, -0.15) is 0 Å². The van der Waals surface area contributed by atoms with Gasteiger partial charge in [0.05, 0.1) is 5.69 Å². The summed E-state index contributed by atoms with van der Waals surface area (Å²) in [5.41, 5.74) is 1.15. The zero-order valence-corrected chi connectivity index (χ0v) is 12.2. The highest BCUT2D eigenvalue weighted by molar-refractivity contribution is 7.13. The zero-order chi connectivity index (χ0) is 13.4. The van der Waals surface area contributed by atoms with Crippen LogP contribution in [-0.4, -0.2) is 53.5 Å². The summed E-state index contributed by atoms with van der Waals surface area (Å²) in [5, 5.41) is 5.74. The molecule has 19 heavy (non-hydrogen) atoms. The molecule has 1 unspecified atom stereocenters. The molecule has 2 heterocycles. The van der Waals surface area contributed by atoms with Gasteiger partial charge >= 0.3 is 6.03 Å². The molecule has 104 valence electrons. The van der Waals surface area contributed by atoms with E-state index >= 15 is 0 Å². The molecule has 0 spiro atoms. The molecule has 1 atom stereocenters. The lowest BCUT2D eigenvalue weighted by Gasteiger charge is -2.37. The van der Waals surface area contributed by atoms with Gasteiger partial charge in [0.25, 0.3) is 0 Å². The lowest BCUT2D eigenvalue weighted by atomic mass is 10.2. The predicted molar refractivity (Wildman–Crippen MR) is 76.8 cm³/mol. The molecule has 2 aliphatic rings. The molecule has 2 amide bonds. The third-order valence-corrected chi connectivity index (χ3v) is 4.60. The minimum atomic E-state index is -0.0164. The van der Waals surface area contributed by atoms with E-state index in [1.54, 1.807) is 0 Å². The van der Waals surface area contributed by atoms with Crippen LogP contribution in [-0.2, 0) is 0 Å². The Hall–Kier alpha value is -1.14. The van der Waals surface area contributed by atoms with Crippen LogP contribution in [0, 0.1) is 0 Å². The van der Waals surface area contributed by atoms with Crippen molar-refractivity contribution in [2.45, 2.75) is 31.7 Å². The molecule has 3 rings (SSSR count). The van der Waals surface area contributed by atoms with Crippen LogP contribution in [0.2, 0.25) is 0 Å². The number of nitrogens with one attached hydrogen (secondary N) is 1. The SMILES string of the molecule is CC1CN(C)CCN1C(=O)Nc1nc(C2CC2)cs1. The second-order valence-corrected chi connectivity index (χ2v) is 6.44. The predicted octanol–water partition coefficient (Wildman–Crippen LogP) is 2.19. The number of amides is 2. The molecule has 2 fully saturated rings. The van der Waals surface area contributed by atoms with Crippen molar-refractivity contribution in [3.05, 3.63) is 11.1 Å². The molecule has 1 aromatic heterocycles. The van der Waals surface area contributed by atoms with Crippen LogP contribution in [0.25, 0.3) is 0 Å². The summed E-state index contributed by atoms with van der Waals surface area (Å²) in [4.78, 5) is 20.9. The average molecular weight is 280 g/mol. The van der Waals surface area contributed by atoms with Crippen LogP contribution < -0.4 is 5.32 Å². The summed E-state index contributed by atoms with van der Waals surface area (Å²) >= 11 is 1.53. The fourth-order valence-corrected chi connectivity index (χ4v) is 3.30. The number of aromatic nitrogens is 1. The lowest BCUT2D eigenvalue weighted by molar-refractivity contribution is 0.125. The van der Waals surface area contributed by atoms with E-state index in [0.717, 1.165) is 30.5 Å². The van der Waals surface area contributed by atoms with Crippen LogP contribution in [0.15, 0.2) is 5.38 Å². The third-order valence-electron chi connectivity index (χ3n) is 3.82. The quantitative estimate of drug-likeness (QED) is 0.903. The van der Waals surface area contributed by atoms with Gasteiger partial charge in [0, 0.05) is 37.0 Å². The van der Waals surface area contributed by atoms with Gasteiger partial charge in [-0.1, -0.05) is 0 Å². The molecule has 6 heteroatoms. The number of thiazole rings is 1. The van der Waals surface area contributed by atoms with E-state index in [2.05, 4.69) is 34.6 Å². The van der Waals surface area contributed by atoms with Crippen molar-refractivity contribution >= 4 is 22.5 Å². The standard InChI is InChI=1S/C13H20N4OS/c1-9-7-16(2)5-6-17(9)13(18)15-12-14-11(8-19-12)10-3-4-10/h8-10H,3-7H2,1-2H3,(H,14,15,18). The number of hydrogen-bond donors (Lipinski definition) is 1. The maximum absolute atomic E-state index is 12.2. The highest BCUT2D eigenvalue weighted by atomic mass is 32.1. The van der Waals surface area contributed by atoms with E-state index in [0.29, 0.717) is 5.92 Å². The summed E-state index contributed by atoms with van der Waals surface area (Å²) < 4.78 is 0. The Morgan fingerprint density at radius 2 is 2.26 bits per heavy atom. The van der Waals surface area contributed by atoms with Crippen molar-refractivity contribution in [3.63, 3.8) is 0 Å². The fraction of sp³-hybridized carbons (Fsp3) is 0.692. The first-order valence-electron chi connectivity index (χ1n) is 6.85. The minimum absolute atomic E-state index is 0.0164. The topological polar surface area (TPSA) is 48.5 Å². The van der Waals surface area contributed by atoms with Crippen LogP contribution in [0.1, 0.15) is 31.4 Å². The molecule has 1 aromatic rings. The van der Waals surface area contributed by atoms with E-state index in [1.807, 2.05) is 4.90 Å². The van der Waals surface area contributed by atoms with Crippen molar-refractivity contribution in [1.82, 2.24) is 14.8 Å². The van der Waals surface area contributed by atoms with Crippen LogP contribution in [0.4, 0.5) is 9.93 Å². The summed E-state index contributed by atoms with van der Waals surface area (Å²) in [6.07, 6.45) is 2.49. The minimum Gasteiger partial charge on any atom is -0.319 e. The molecule has 1 N–H and O–H groups in total. The summed E-state index contributed by atoms with van der Waals surface area (Å²) in [5.74, 6) is 0.643. The van der Waals surface area contributed by atoms with Gasteiger partial charge in [-0.25, -0.2) is 9.78 Å². The Morgan fingerprint density at radius 3 is 2.95 bits per heavy atom. The number of urea groups is 1. The van der Waals surface area contributed by atoms with E-state index in [1.165, 1.54) is 24.2 Å². The molecule has 0 radical (unpaired) electrons. The molecule has 1 aliphatic carbocycles. The Morgan fingerprint density at radius 1 is 1.47 bits per heavy atom. The van der Waals surface area contributed by atoms with E-state index in [-0.39, 0.29) is 12.1 Å². The van der Waals surface area contributed by atoms with Gasteiger partial charge < -0.3 is 9.80 Å². The first-order valence-corrected chi connectivity index (χ1v) is 7.73. The lowest BCUT2D eigenvalue weighted by Crippen LogP contribution is -2.53. The van der Waals surface area contributed by atoms with Crippen LogP contribution >= 0.6 is 11.3 Å². The van der Waals surface area contributed by atoms with Gasteiger partial charge in [0.1, 0.15) is 0 Å². The molecule has 1 aliphatic heterocycles. The number of nitrogens with zero attached hydrogens (tertiary/aromatic N) is 3. The number of rotatable bonds is 2. The molecule has 0 aromatic carbocycles. The van der Waals surface area contributed by atoms with E-state index in [4.69, 9.17) is 0 Å². The van der Waals surface area contributed by atoms with Gasteiger partial charge in [-0.05, 0) is 26.8 Å². The van der Waals surface area contributed by atoms with Crippen molar-refractivity contribution in [3.8, 4) is 0 Å². The van der Waals surface area contributed by atoms with E-state index < -0.39 is 0 Å². The maximum Gasteiger partial charge on any atom is 0.323 e. The third kappa shape index (κ3) is 2.90. The molecule has 1 saturated carbocycles. The van der Waals surface area contributed by atoms with Crippen molar-refractivity contribution in [2.24, 2.45) is 0 Å². The largest absolute Gasteiger partial charge is 0.323 e.